The number of carbonyl (C=O) groups is 2. The van der Waals surface area contributed by atoms with Crippen LogP contribution >= 0.6 is 0 Å². The van der Waals surface area contributed by atoms with Crippen molar-refractivity contribution in [2.75, 3.05) is 20.2 Å². The highest BCUT2D eigenvalue weighted by molar-refractivity contribution is 5.82. The number of carboxylic acids is 1. The van der Waals surface area contributed by atoms with E-state index >= 15 is 0 Å². The summed E-state index contributed by atoms with van der Waals surface area (Å²) in [6.45, 7) is 1.92. The van der Waals surface area contributed by atoms with Crippen molar-refractivity contribution in [1.29, 1.82) is 0 Å². The van der Waals surface area contributed by atoms with Crippen molar-refractivity contribution in [1.82, 2.24) is 9.80 Å². The third kappa shape index (κ3) is 3.83. The number of urea groups is 1. The number of rotatable bonds is 6. The molecular weight excluding hydrogens is 248 g/mol. The molecule has 2 N–H and O–H groups in total. The van der Waals surface area contributed by atoms with Gasteiger partial charge in [0.05, 0.1) is 6.61 Å². The average molecular weight is 272 g/mol. The van der Waals surface area contributed by atoms with Gasteiger partial charge in [0.15, 0.2) is 0 Å². The maximum Gasteiger partial charge on any atom is 0.326 e. The number of hydrogen-bond donors (Lipinski definition) is 2. The van der Waals surface area contributed by atoms with Gasteiger partial charge in [0.25, 0.3) is 0 Å². The van der Waals surface area contributed by atoms with Gasteiger partial charge in [0, 0.05) is 19.6 Å². The van der Waals surface area contributed by atoms with E-state index in [0.717, 1.165) is 25.7 Å². The van der Waals surface area contributed by atoms with Crippen LogP contribution in [0.2, 0.25) is 0 Å². The lowest BCUT2D eigenvalue weighted by Crippen LogP contribution is -2.52. The fraction of sp³-hybridized carbons (Fsp3) is 0.846. The van der Waals surface area contributed by atoms with Crippen LogP contribution < -0.4 is 0 Å². The first-order valence-corrected chi connectivity index (χ1v) is 6.90. The van der Waals surface area contributed by atoms with Crippen molar-refractivity contribution in [2.24, 2.45) is 0 Å². The van der Waals surface area contributed by atoms with Gasteiger partial charge < -0.3 is 20.0 Å². The third-order valence-corrected chi connectivity index (χ3v) is 3.79. The molecule has 0 aromatic carbocycles. The Kier molecular flexibility index (Phi) is 6.08. The number of hydrogen-bond acceptors (Lipinski definition) is 3. The molecule has 1 unspecified atom stereocenters. The Labute approximate surface area is 114 Å². The quantitative estimate of drug-likeness (QED) is 0.759. The van der Waals surface area contributed by atoms with Crippen molar-refractivity contribution in [3.05, 3.63) is 0 Å². The molecule has 1 aliphatic carbocycles. The van der Waals surface area contributed by atoms with E-state index in [9.17, 15) is 9.59 Å². The lowest BCUT2D eigenvalue weighted by molar-refractivity contribution is -0.142. The van der Waals surface area contributed by atoms with E-state index in [-0.39, 0.29) is 25.2 Å². The molecule has 0 saturated heterocycles. The Morgan fingerprint density at radius 3 is 2.32 bits per heavy atom. The van der Waals surface area contributed by atoms with Gasteiger partial charge >= 0.3 is 12.0 Å². The van der Waals surface area contributed by atoms with Crippen molar-refractivity contribution in [2.45, 2.75) is 51.1 Å². The third-order valence-electron chi connectivity index (χ3n) is 3.79. The fourth-order valence-electron chi connectivity index (χ4n) is 2.71. The summed E-state index contributed by atoms with van der Waals surface area (Å²) < 4.78 is 0. The maximum absolute atomic E-state index is 12.4. The van der Waals surface area contributed by atoms with Gasteiger partial charge in [-0.2, -0.15) is 0 Å². The Hall–Kier alpha value is -1.30. The first-order valence-electron chi connectivity index (χ1n) is 6.90. The summed E-state index contributed by atoms with van der Waals surface area (Å²) in [6.07, 6.45) is 4.40. The van der Waals surface area contributed by atoms with E-state index < -0.39 is 12.0 Å². The van der Waals surface area contributed by atoms with Crippen molar-refractivity contribution >= 4 is 12.0 Å². The van der Waals surface area contributed by atoms with Crippen LogP contribution in [0, 0.1) is 0 Å². The van der Waals surface area contributed by atoms with Crippen LogP contribution in [0.4, 0.5) is 4.79 Å². The van der Waals surface area contributed by atoms with Crippen LogP contribution in [0.5, 0.6) is 0 Å². The van der Waals surface area contributed by atoms with Gasteiger partial charge in [-0.3, -0.25) is 0 Å². The molecule has 2 amide bonds. The zero-order valence-electron chi connectivity index (χ0n) is 11.7. The maximum atomic E-state index is 12.4. The summed E-state index contributed by atoms with van der Waals surface area (Å²) in [4.78, 5) is 26.4. The number of amides is 2. The zero-order valence-corrected chi connectivity index (χ0v) is 11.7. The minimum atomic E-state index is -0.992. The highest BCUT2D eigenvalue weighted by Gasteiger charge is 2.32. The molecule has 0 aromatic heterocycles. The molecule has 19 heavy (non-hydrogen) atoms. The summed E-state index contributed by atoms with van der Waals surface area (Å²) in [5.41, 5.74) is 0. The highest BCUT2D eigenvalue weighted by Crippen LogP contribution is 2.24. The van der Waals surface area contributed by atoms with Gasteiger partial charge in [0.1, 0.15) is 6.04 Å². The number of aliphatic carboxylic acids is 1. The van der Waals surface area contributed by atoms with E-state index in [2.05, 4.69) is 0 Å². The number of carboxylic acid groups (broad SMARTS) is 1. The normalized spacial score (nSPS) is 17.2. The van der Waals surface area contributed by atoms with Crippen molar-refractivity contribution < 1.29 is 19.8 Å². The second-order valence-corrected chi connectivity index (χ2v) is 5.01. The fourth-order valence-corrected chi connectivity index (χ4v) is 2.71. The molecule has 1 fully saturated rings. The summed E-state index contributed by atoms with van der Waals surface area (Å²) in [6, 6.07) is -0.973. The van der Waals surface area contributed by atoms with Crippen LogP contribution in [-0.2, 0) is 4.79 Å². The Bertz CT molecular complexity index is 316. The lowest BCUT2D eigenvalue weighted by Gasteiger charge is -2.34. The van der Waals surface area contributed by atoms with E-state index in [4.69, 9.17) is 10.2 Å². The molecule has 0 aromatic rings. The molecule has 0 spiro atoms. The van der Waals surface area contributed by atoms with Gasteiger partial charge in [-0.15, -0.1) is 0 Å². The topological polar surface area (TPSA) is 81.1 Å². The van der Waals surface area contributed by atoms with Gasteiger partial charge in [-0.05, 0) is 19.3 Å². The molecule has 0 aliphatic heterocycles. The number of likely N-dealkylation sites (N-methyl/N-ethyl adjacent to an activating group) is 1. The monoisotopic (exact) mass is 272 g/mol. The molecular formula is C13H24N2O4. The van der Waals surface area contributed by atoms with E-state index in [0.29, 0.717) is 6.42 Å². The molecule has 6 heteroatoms. The minimum Gasteiger partial charge on any atom is -0.480 e. The van der Waals surface area contributed by atoms with Crippen LogP contribution in [0.25, 0.3) is 0 Å². The molecule has 0 heterocycles. The van der Waals surface area contributed by atoms with Gasteiger partial charge in [-0.25, -0.2) is 9.59 Å². The number of aliphatic hydroxyl groups excluding tert-OH is 1. The molecule has 1 atom stereocenters. The van der Waals surface area contributed by atoms with E-state index in [1.807, 2.05) is 0 Å². The minimum absolute atomic E-state index is 0.0973. The predicted octanol–water partition coefficient (Wildman–Crippen LogP) is 1.14. The van der Waals surface area contributed by atoms with E-state index in [1.54, 1.807) is 11.8 Å². The highest BCUT2D eigenvalue weighted by atomic mass is 16.4. The average Bonchev–Trinajstić information content (AvgIpc) is 2.89. The summed E-state index contributed by atoms with van der Waals surface area (Å²) >= 11 is 0. The molecule has 1 aliphatic rings. The summed E-state index contributed by atoms with van der Waals surface area (Å²) in [5.74, 6) is -0.992. The smallest absolute Gasteiger partial charge is 0.326 e. The van der Waals surface area contributed by atoms with Crippen LogP contribution in [-0.4, -0.2) is 64.3 Å². The first kappa shape index (κ1) is 15.8. The zero-order chi connectivity index (χ0) is 14.4. The Morgan fingerprint density at radius 1 is 1.32 bits per heavy atom. The molecule has 0 bridgehead atoms. The predicted molar refractivity (Wildman–Crippen MR) is 70.9 cm³/mol. The lowest BCUT2D eigenvalue weighted by atomic mass is 10.2. The van der Waals surface area contributed by atoms with Crippen LogP contribution in [0.15, 0.2) is 0 Å². The van der Waals surface area contributed by atoms with Gasteiger partial charge in [-0.1, -0.05) is 19.8 Å². The molecule has 0 radical (unpaired) electrons. The molecule has 6 nitrogen and oxygen atoms in total. The standard InChI is InChI=1S/C13H24N2O4/c1-3-11(12(17)18)14(2)13(19)15(8-9-16)10-6-4-5-7-10/h10-11,16H,3-9H2,1-2H3,(H,17,18). The van der Waals surface area contributed by atoms with Crippen LogP contribution in [0.3, 0.4) is 0 Å². The van der Waals surface area contributed by atoms with Crippen LogP contribution in [0.1, 0.15) is 39.0 Å². The summed E-state index contributed by atoms with van der Waals surface area (Å²) in [5, 5.41) is 18.2. The van der Waals surface area contributed by atoms with Gasteiger partial charge in [0.2, 0.25) is 0 Å². The molecule has 110 valence electrons. The second kappa shape index (κ2) is 7.33. The number of aliphatic hydroxyl groups is 1. The van der Waals surface area contributed by atoms with E-state index in [1.165, 1.54) is 11.9 Å². The SMILES string of the molecule is CCC(C(=O)O)N(C)C(=O)N(CCO)C1CCCC1. The molecule has 1 rings (SSSR count). The Morgan fingerprint density at radius 2 is 1.89 bits per heavy atom. The van der Waals surface area contributed by atoms with Crippen molar-refractivity contribution in [3.8, 4) is 0 Å². The first-order chi connectivity index (χ1) is 9.02. The number of nitrogens with zero attached hydrogens (tertiary/aromatic N) is 2. The number of carbonyl (C=O) groups excluding carboxylic acids is 1. The second-order valence-electron chi connectivity index (χ2n) is 5.01. The molecule has 1 saturated carbocycles. The summed E-state index contributed by atoms with van der Waals surface area (Å²) in [7, 11) is 1.52. The largest absolute Gasteiger partial charge is 0.480 e. The van der Waals surface area contributed by atoms with Crippen molar-refractivity contribution in [3.63, 3.8) is 0 Å². The Balaban J connectivity index is 2.77.